The fourth-order valence-corrected chi connectivity index (χ4v) is 4.70. The molecule has 1 amide bonds. The van der Waals surface area contributed by atoms with E-state index in [-0.39, 0.29) is 12.5 Å². The lowest BCUT2D eigenvalue weighted by Gasteiger charge is -2.29. The minimum Gasteiger partial charge on any atom is -0.492 e. The Morgan fingerprint density at radius 3 is 2.79 bits per heavy atom. The number of amides is 1. The molecule has 0 radical (unpaired) electrons. The SMILES string of the molecule is Cc1cccc(OCCN2C(=O)COc3ccc(-c4csc(Cc5ccccc5)n4)cc32)c1. The van der Waals surface area contributed by atoms with E-state index in [9.17, 15) is 4.79 Å². The Hall–Kier alpha value is -3.64. The van der Waals surface area contributed by atoms with Crippen molar-refractivity contribution in [2.45, 2.75) is 13.3 Å². The van der Waals surface area contributed by atoms with Crippen molar-refractivity contribution in [3.8, 4) is 22.8 Å². The topological polar surface area (TPSA) is 51.7 Å². The van der Waals surface area contributed by atoms with Crippen LogP contribution in [0.1, 0.15) is 16.1 Å². The summed E-state index contributed by atoms with van der Waals surface area (Å²) < 4.78 is 11.6. The highest BCUT2D eigenvalue weighted by molar-refractivity contribution is 7.10. The summed E-state index contributed by atoms with van der Waals surface area (Å²) in [7, 11) is 0. The maximum Gasteiger partial charge on any atom is 0.265 e. The third-order valence-electron chi connectivity index (χ3n) is 5.52. The molecule has 4 aromatic rings. The summed E-state index contributed by atoms with van der Waals surface area (Å²) >= 11 is 1.65. The molecule has 0 aliphatic carbocycles. The van der Waals surface area contributed by atoms with Gasteiger partial charge >= 0.3 is 0 Å². The summed E-state index contributed by atoms with van der Waals surface area (Å²) in [4.78, 5) is 19.2. The number of nitrogens with zero attached hydrogens (tertiary/aromatic N) is 2. The van der Waals surface area contributed by atoms with E-state index in [1.54, 1.807) is 16.2 Å². The first-order chi connectivity index (χ1) is 16.2. The van der Waals surface area contributed by atoms with Gasteiger partial charge in [0.25, 0.3) is 5.91 Å². The van der Waals surface area contributed by atoms with Crippen molar-refractivity contribution in [1.82, 2.24) is 4.98 Å². The minimum absolute atomic E-state index is 0.0364. The lowest BCUT2D eigenvalue weighted by Crippen LogP contribution is -2.41. The van der Waals surface area contributed by atoms with Gasteiger partial charge in [0.1, 0.15) is 18.1 Å². The van der Waals surface area contributed by atoms with Gasteiger partial charge in [0, 0.05) is 17.4 Å². The molecular weight excluding hydrogens is 432 g/mol. The number of hydrogen-bond donors (Lipinski definition) is 0. The molecule has 0 spiro atoms. The molecule has 0 atom stereocenters. The third-order valence-corrected chi connectivity index (χ3v) is 6.37. The summed E-state index contributed by atoms with van der Waals surface area (Å²) in [5.74, 6) is 1.43. The van der Waals surface area contributed by atoms with E-state index in [2.05, 4.69) is 17.5 Å². The van der Waals surface area contributed by atoms with Gasteiger partial charge in [0.2, 0.25) is 0 Å². The number of rotatable bonds is 7. The van der Waals surface area contributed by atoms with E-state index in [0.717, 1.165) is 39.7 Å². The van der Waals surface area contributed by atoms with Crippen molar-refractivity contribution in [2.24, 2.45) is 0 Å². The highest BCUT2D eigenvalue weighted by Crippen LogP contribution is 2.36. The van der Waals surface area contributed by atoms with Crippen LogP contribution in [0, 0.1) is 6.92 Å². The molecule has 0 unspecified atom stereocenters. The molecule has 0 saturated heterocycles. The highest BCUT2D eigenvalue weighted by atomic mass is 32.1. The lowest BCUT2D eigenvalue weighted by molar-refractivity contribution is -0.121. The van der Waals surface area contributed by atoms with Crippen molar-refractivity contribution in [3.63, 3.8) is 0 Å². The van der Waals surface area contributed by atoms with E-state index in [1.165, 1.54) is 5.56 Å². The number of fused-ring (bicyclic) bond motifs is 1. The Labute approximate surface area is 197 Å². The number of hydrogen-bond acceptors (Lipinski definition) is 5. The summed E-state index contributed by atoms with van der Waals surface area (Å²) in [6.45, 7) is 2.91. The Bertz CT molecular complexity index is 1270. The highest BCUT2D eigenvalue weighted by Gasteiger charge is 2.26. The van der Waals surface area contributed by atoms with Gasteiger partial charge in [-0.25, -0.2) is 4.98 Å². The van der Waals surface area contributed by atoms with Crippen LogP contribution in [0.3, 0.4) is 0 Å². The first-order valence-electron chi connectivity index (χ1n) is 10.9. The molecule has 33 heavy (non-hydrogen) atoms. The summed E-state index contributed by atoms with van der Waals surface area (Å²) in [6.07, 6.45) is 0.806. The molecule has 0 saturated carbocycles. The lowest BCUT2D eigenvalue weighted by atomic mass is 10.1. The van der Waals surface area contributed by atoms with Crippen LogP contribution in [0.25, 0.3) is 11.3 Å². The molecule has 5 nitrogen and oxygen atoms in total. The Morgan fingerprint density at radius 1 is 1.06 bits per heavy atom. The Balaban J connectivity index is 1.33. The van der Waals surface area contributed by atoms with Crippen LogP contribution in [0.2, 0.25) is 0 Å². The number of benzene rings is 3. The second-order valence-electron chi connectivity index (χ2n) is 7.97. The first-order valence-corrected chi connectivity index (χ1v) is 11.8. The van der Waals surface area contributed by atoms with Crippen LogP contribution in [-0.2, 0) is 11.2 Å². The van der Waals surface area contributed by atoms with Crippen LogP contribution in [0.15, 0.2) is 78.2 Å². The molecule has 2 heterocycles. The molecule has 0 bridgehead atoms. The number of aryl methyl sites for hydroxylation is 1. The Morgan fingerprint density at radius 2 is 1.94 bits per heavy atom. The number of thiazole rings is 1. The molecular formula is C27H24N2O3S. The molecule has 1 aliphatic heterocycles. The molecule has 166 valence electrons. The van der Waals surface area contributed by atoms with E-state index in [0.29, 0.717) is 18.9 Å². The molecule has 1 aliphatic rings. The maximum absolute atomic E-state index is 12.6. The van der Waals surface area contributed by atoms with Gasteiger partial charge in [0.05, 0.1) is 22.9 Å². The molecule has 1 aromatic heterocycles. The fourth-order valence-electron chi connectivity index (χ4n) is 3.86. The number of aromatic nitrogens is 1. The van der Waals surface area contributed by atoms with Crippen molar-refractivity contribution >= 4 is 22.9 Å². The van der Waals surface area contributed by atoms with Crippen LogP contribution >= 0.6 is 11.3 Å². The fraction of sp³-hybridized carbons (Fsp3) is 0.185. The molecule has 3 aromatic carbocycles. The predicted octanol–water partition coefficient (Wildman–Crippen LogP) is 5.51. The van der Waals surface area contributed by atoms with Crippen molar-refractivity contribution in [1.29, 1.82) is 0 Å². The van der Waals surface area contributed by atoms with Crippen molar-refractivity contribution in [2.75, 3.05) is 24.7 Å². The van der Waals surface area contributed by atoms with Gasteiger partial charge in [-0.15, -0.1) is 11.3 Å². The van der Waals surface area contributed by atoms with E-state index in [4.69, 9.17) is 14.5 Å². The number of ether oxygens (including phenoxy) is 2. The molecule has 5 rings (SSSR count). The number of anilines is 1. The smallest absolute Gasteiger partial charge is 0.265 e. The zero-order chi connectivity index (χ0) is 22.6. The normalized spacial score (nSPS) is 12.9. The second kappa shape index (κ2) is 9.46. The predicted molar refractivity (Wildman–Crippen MR) is 131 cm³/mol. The number of carbonyl (C=O) groups excluding carboxylic acids is 1. The van der Waals surface area contributed by atoms with Gasteiger partial charge in [-0.3, -0.25) is 4.79 Å². The number of carbonyl (C=O) groups is 1. The van der Waals surface area contributed by atoms with Crippen LogP contribution in [-0.4, -0.2) is 30.6 Å². The van der Waals surface area contributed by atoms with Gasteiger partial charge < -0.3 is 14.4 Å². The van der Waals surface area contributed by atoms with Crippen molar-refractivity contribution in [3.05, 3.63) is 94.3 Å². The first kappa shape index (κ1) is 21.2. The molecule has 0 fully saturated rings. The maximum atomic E-state index is 12.6. The molecule has 6 heteroatoms. The second-order valence-corrected chi connectivity index (χ2v) is 8.91. The van der Waals surface area contributed by atoms with Gasteiger partial charge in [-0.1, -0.05) is 42.5 Å². The van der Waals surface area contributed by atoms with Crippen LogP contribution in [0.4, 0.5) is 5.69 Å². The molecule has 0 N–H and O–H groups in total. The zero-order valence-electron chi connectivity index (χ0n) is 18.4. The summed E-state index contributed by atoms with van der Waals surface area (Å²) in [6, 6.07) is 24.1. The monoisotopic (exact) mass is 456 g/mol. The van der Waals surface area contributed by atoms with E-state index in [1.807, 2.05) is 67.6 Å². The average Bonchev–Trinajstić information content (AvgIpc) is 3.29. The van der Waals surface area contributed by atoms with Gasteiger partial charge in [-0.05, 0) is 48.4 Å². The quantitative estimate of drug-likeness (QED) is 0.368. The largest absolute Gasteiger partial charge is 0.492 e. The standard InChI is InChI=1S/C27H24N2O3S/c1-19-6-5-9-22(14-19)31-13-12-29-24-16-21(10-11-25(24)32-17-27(29)30)23-18-33-26(28-23)15-20-7-3-2-4-8-20/h2-11,14,16,18H,12-13,15,17H2,1H3. The van der Waals surface area contributed by atoms with Crippen LogP contribution in [0.5, 0.6) is 11.5 Å². The van der Waals surface area contributed by atoms with E-state index < -0.39 is 0 Å². The average molecular weight is 457 g/mol. The minimum atomic E-state index is -0.0736. The Kier molecular flexibility index (Phi) is 6.09. The van der Waals surface area contributed by atoms with Gasteiger partial charge in [-0.2, -0.15) is 0 Å². The van der Waals surface area contributed by atoms with Crippen molar-refractivity contribution < 1.29 is 14.3 Å². The van der Waals surface area contributed by atoms with Gasteiger partial charge in [0.15, 0.2) is 6.61 Å². The summed E-state index contributed by atoms with van der Waals surface area (Å²) in [5.41, 5.74) is 5.01. The van der Waals surface area contributed by atoms with E-state index >= 15 is 0 Å². The van der Waals surface area contributed by atoms with Crippen LogP contribution < -0.4 is 14.4 Å². The third kappa shape index (κ3) is 4.91. The zero-order valence-corrected chi connectivity index (χ0v) is 19.2. The summed E-state index contributed by atoms with van der Waals surface area (Å²) in [5, 5.41) is 3.13.